The Labute approximate surface area is 109 Å². The maximum Gasteiger partial charge on any atom is 0.277 e. The van der Waals surface area contributed by atoms with Crippen molar-refractivity contribution in [1.82, 2.24) is 14.8 Å². The molecule has 0 radical (unpaired) electrons. The fourth-order valence-corrected chi connectivity index (χ4v) is 1.70. The number of nitrogens with one attached hydrogen (secondary N) is 1. The van der Waals surface area contributed by atoms with Gasteiger partial charge < -0.3 is 11.1 Å². The molecule has 0 bridgehead atoms. The number of nitrogens with two attached hydrogens (primary N) is 1. The number of hydrogen-bond acceptors (Lipinski definition) is 4. The normalized spacial score (nSPS) is 10.3. The Kier molecular flexibility index (Phi) is 3.47. The van der Waals surface area contributed by atoms with Gasteiger partial charge in [0, 0.05) is 17.8 Å². The number of aryl methyl sites for hydroxylation is 1. The number of amides is 1. The standard InChI is InChI=1S/C11H12ClN5O/c1-2-17-10(8(13)6-15-17)11(18)16-9-5-7(12)3-4-14-9/h3-6H,2,13H2,1H3,(H,14,16,18). The monoisotopic (exact) mass is 265 g/mol. The van der Waals surface area contributed by atoms with Crippen molar-refractivity contribution in [2.24, 2.45) is 0 Å². The van der Waals surface area contributed by atoms with E-state index in [2.05, 4.69) is 15.4 Å². The van der Waals surface area contributed by atoms with Crippen LogP contribution in [0.15, 0.2) is 24.5 Å². The zero-order valence-corrected chi connectivity index (χ0v) is 10.5. The molecule has 18 heavy (non-hydrogen) atoms. The first-order valence-corrected chi connectivity index (χ1v) is 5.73. The van der Waals surface area contributed by atoms with Crippen LogP contribution in [0, 0.1) is 0 Å². The zero-order valence-electron chi connectivity index (χ0n) is 9.72. The molecule has 1 amide bonds. The fraction of sp³-hybridized carbons (Fsp3) is 0.182. The highest BCUT2D eigenvalue weighted by Gasteiger charge is 2.16. The van der Waals surface area contributed by atoms with Gasteiger partial charge in [-0.15, -0.1) is 0 Å². The summed E-state index contributed by atoms with van der Waals surface area (Å²) in [5.41, 5.74) is 6.36. The highest BCUT2D eigenvalue weighted by molar-refractivity contribution is 6.30. The van der Waals surface area contributed by atoms with Crippen LogP contribution in [-0.2, 0) is 6.54 Å². The average molecular weight is 266 g/mol. The molecule has 0 aliphatic heterocycles. The van der Waals surface area contributed by atoms with Gasteiger partial charge in [-0.2, -0.15) is 5.10 Å². The Morgan fingerprint density at radius 1 is 1.61 bits per heavy atom. The van der Waals surface area contributed by atoms with E-state index in [1.165, 1.54) is 17.1 Å². The number of nitrogens with zero attached hydrogens (tertiary/aromatic N) is 3. The first-order chi connectivity index (χ1) is 8.61. The van der Waals surface area contributed by atoms with Gasteiger partial charge in [-0.3, -0.25) is 9.48 Å². The Morgan fingerprint density at radius 2 is 2.39 bits per heavy atom. The summed E-state index contributed by atoms with van der Waals surface area (Å²) in [5.74, 6) is 0.0115. The van der Waals surface area contributed by atoms with Crippen LogP contribution in [0.4, 0.5) is 11.5 Å². The summed E-state index contributed by atoms with van der Waals surface area (Å²) in [7, 11) is 0. The largest absolute Gasteiger partial charge is 0.396 e. The summed E-state index contributed by atoms with van der Waals surface area (Å²) in [4.78, 5) is 16.0. The van der Waals surface area contributed by atoms with E-state index < -0.39 is 0 Å². The molecule has 0 aliphatic carbocycles. The lowest BCUT2D eigenvalue weighted by atomic mass is 10.3. The number of nitrogen functional groups attached to an aromatic ring is 1. The minimum Gasteiger partial charge on any atom is -0.396 e. The van der Waals surface area contributed by atoms with Crippen molar-refractivity contribution in [3.63, 3.8) is 0 Å². The van der Waals surface area contributed by atoms with Crippen LogP contribution in [0.1, 0.15) is 17.4 Å². The van der Waals surface area contributed by atoms with Crippen LogP contribution >= 0.6 is 11.6 Å². The summed E-state index contributed by atoms with van der Waals surface area (Å²) >= 11 is 5.81. The van der Waals surface area contributed by atoms with Crippen LogP contribution in [-0.4, -0.2) is 20.7 Å². The maximum atomic E-state index is 12.1. The molecule has 0 spiro atoms. The predicted molar refractivity (Wildman–Crippen MR) is 69.5 cm³/mol. The molecule has 0 saturated heterocycles. The number of carbonyl (C=O) groups is 1. The smallest absolute Gasteiger partial charge is 0.277 e. The van der Waals surface area contributed by atoms with Gasteiger partial charge in [0.2, 0.25) is 0 Å². The number of rotatable bonds is 3. The third-order valence-corrected chi connectivity index (χ3v) is 2.58. The quantitative estimate of drug-likeness (QED) is 0.886. The van der Waals surface area contributed by atoms with E-state index in [0.29, 0.717) is 28.8 Å². The molecule has 2 heterocycles. The van der Waals surface area contributed by atoms with Gasteiger partial charge in [-0.25, -0.2) is 4.98 Å². The van der Waals surface area contributed by atoms with Crippen LogP contribution < -0.4 is 11.1 Å². The van der Waals surface area contributed by atoms with Crippen molar-refractivity contribution < 1.29 is 4.79 Å². The summed E-state index contributed by atoms with van der Waals surface area (Å²) in [6.07, 6.45) is 2.96. The van der Waals surface area contributed by atoms with Crippen molar-refractivity contribution >= 4 is 29.0 Å². The van der Waals surface area contributed by atoms with E-state index in [1.54, 1.807) is 12.1 Å². The first kappa shape index (κ1) is 12.4. The maximum absolute atomic E-state index is 12.1. The lowest BCUT2D eigenvalue weighted by Gasteiger charge is -2.07. The molecule has 94 valence electrons. The number of carbonyl (C=O) groups excluding carboxylic acids is 1. The molecule has 0 unspecified atom stereocenters. The van der Waals surface area contributed by atoms with Gasteiger partial charge in [-0.1, -0.05) is 11.6 Å². The molecule has 0 fully saturated rings. The first-order valence-electron chi connectivity index (χ1n) is 5.36. The molecule has 2 aromatic heterocycles. The molecular formula is C11H12ClN5O. The number of aromatic nitrogens is 3. The molecule has 0 aromatic carbocycles. The predicted octanol–water partition coefficient (Wildman–Crippen LogP) is 1.79. The SMILES string of the molecule is CCn1ncc(N)c1C(=O)Nc1cc(Cl)ccn1. The highest BCUT2D eigenvalue weighted by atomic mass is 35.5. The molecular weight excluding hydrogens is 254 g/mol. The highest BCUT2D eigenvalue weighted by Crippen LogP contribution is 2.15. The molecule has 7 heteroatoms. The Bertz CT molecular complexity index is 581. The molecule has 0 saturated carbocycles. The number of pyridine rings is 1. The van der Waals surface area contributed by atoms with Crippen LogP contribution in [0.3, 0.4) is 0 Å². The fourth-order valence-electron chi connectivity index (χ4n) is 1.54. The molecule has 3 N–H and O–H groups in total. The molecule has 2 aromatic rings. The molecule has 0 atom stereocenters. The summed E-state index contributed by atoms with van der Waals surface area (Å²) in [6.45, 7) is 2.43. The van der Waals surface area contributed by atoms with E-state index >= 15 is 0 Å². The van der Waals surface area contributed by atoms with Gasteiger partial charge in [0.05, 0.1) is 11.9 Å². The van der Waals surface area contributed by atoms with E-state index in [9.17, 15) is 4.79 Å². The molecule has 6 nitrogen and oxygen atoms in total. The molecule has 2 rings (SSSR count). The summed E-state index contributed by atoms with van der Waals surface area (Å²) in [6, 6.07) is 3.18. The number of halogens is 1. The second kappa shape index (κ2) is 5.05. The Morgan fingerprint density at radius 3 is 3.06 bits per heavy atom. The van der Waals surface area contributed by atoms with Gasteiger partial charge >= 0.3 is 0 Å². The van der Waals surface area contributed by atoms with E-state index in [1.807, 2.05) is 6.92 Å². The number of anilines is 2. The Hall–Kier alpha value is -2.08. The van der Waals surface area contributed by atoms with Gasteiger partial charge in [-0.05, 0) is 19.1 Å². The van der Waals surface area contributed by atoms with Crippen LogP contribution in [0.2, 0.25) is 5.02 Å². The van der Waals surface area contributed by atoms with Gasteiger partial charge in [0.25, 0.3) is 5.91 Å². The molecule has 0 aliphatic rings. The second-order valence-corrected chi connectivity index (χ2v) is 4.01. The lowest BCUT2D eigenvalue weighted by molar-refractivity contribution is 0.101. The number of hydrogen-bond donors (Lipinski definition) is 2. The average Bonchev–Trinajstić information content (AvgIpc) is 2.70. The second-order valence-electron chi connectivity index (χ2n) is 3.58. The van der Waals surface area contributed by atoms with Crippen molar-refractivity contribution in [1.29, 1.82) is 0 Å². The minimum absolute atomic E-state index is 0.319. The van der Waals surface area contributed by atoms with Crippen molar-refractivity contribution in [2.45, 2.75) is 13.5 Å². The van der Waals surface area contributed by atoms with Gasteiger partial charge in [0.15, 0.2) is 0 Å². The van der Waals surface area contributed by atoms with Crippen molar-refractivity contribution in [3.05, 3.63) is 35.2 Å². The third kappa shape index (κ3) is 2.43. The minimum atomic E-state index is -0.360. The van der Waals surface area contributed by atoms with Crippen molar-refractivity contribution in [2.75, 3.05) is 11.1 Å². The van der Waals surface area contributed by atoms with E-state index in [0.717, 1.165) is 0 Å². The Balaban J connectivity index is 2.24. The van der Waals surface area contributed by atoms with Crippen LogP contribution in [0.5, 0.6) is 0 Å². The topological polar surface area (TPSA) is 85.8 Å². The third-order valence-electron chi connectivity index (χ3n) is 2.35. The lowest BCUT2D eigenvalue weighted by Crippen LogP contribution is -2.19. The summed E-state index contributed by atoms with van der Waals surface area (Å²) < 4.78 is 1.52. The van der Waals surface area contributed by atoms with E-state index in [-0.39, 0.29) is 5.91 Å². The summed E-state index contributed by atoms with van der Waals surface area (Å²) in [5, 5.41) is 7.12. The van der Waals surface area contributed by atoms with Crippen molar-refractivity contribution in [3.8, 4) is 0 Å². The zero-order chi connectivity index (χ0) is 13.1. The van der Waals surface area contributed by atoms with Gasteiger partial charge in [0.1, 0.15) is 11.5 Å². The van der Waals surface area contributed by atoms with E-state index in [4.69, 9.17) is 17.3 Å². The van der Waals surface area contributed by atoms with Crippen LogP contribution in [0.25, 0.3) is 0 Å².